The van der Waals surface area contributed by atoms with Crippen molar-refractivity contribution in [2.45, 2.75) is 6.92 Å². The van der Waals surface area contributed by atoms with E-state index in [4.69, 9.17) is 0 Å². The Labute approximate surface area is 135 Å². The number of rotatable bonds is 0. The first kappa shape index (κ1) is 13.7. The van der Waals surface area contributed by atoms with Crippen LogP contribution >= 0.6 is 0 Å². The highest BCUT2D eigenvalue weighted by atomic mass is 14.6. The van der Waals surface area contributed by atoms with Crippen LogP contribution in [0.1, 0.15) is 5.56 Å². The van der Waals surface area contributed by atoms with Crippen LogP contribution in [0, 0.1) is 6.92 Å². The van der Waals surface area contributed by atoms with Gasteiger partial charge in [-0.1, -0.05) is 60.7 Å². The number of hydrogen-bond acceptors (Lipinski definition) is 1. The second-order valence-corrected chi connectivity index (χ2v) is 5.76. The molecule has 1 heteroatoms. The van der Waals surface area contributed by atoms with Crippen LogP contribution in [0.5, 0.6) is 0 Å². The van der Waals surface area contributed by atoms with E-state index in [1.165, 1.54) is 37.9 Å². The van der Waals surface area contributed by atoms with E-state index >= 15 is 0 Å². The van der Waals surface area contributed by atoms with Crippen molar-refractivity contribution in [3.8, 4) is 0 Å². The average Bonchev–Trinajstić information content (AvgIpc) is 2.63. The van der Waals surface area contributed by atoms with E-state index in [-0.39, 0.29) is 0 Å². The van der Waals surface area contributed by atoms with Gasteiger partial charge in [-0.25, -0.2) is 0 Å². The molecule has 0 amide bonds. The van der Waals surface area contributed by atoms with Gasteiger partial charge in [0.25, 0.3) is 0 Å². The Bertz CT molecular complexity index is 1020. The lowest BCUT2D eigenvalue weighted by molar-refractivity contribution is 1.33. The summed E-state index contributed by atoms with van der Waals surface area (Å²) in [6.07, 6.45) is 3.50. The van der Waals surface area contributed by atoms with Gasteiger partial charge in [-0.15, -0.1) is 0 Å². The summed E-state index contributed by atoms with van der Waals surface area (Å²) in [4.78, 5) is 3.78. The van der Waals surface area contributed by atoms with Crippen LogP contribution in [0.2, 0.25) is 0 Å². The summed E-state index contributed by atoms with van der Waals surface area (Å²) < 4.78 is 0. The zero-order valence-corrected chi connectivity index (χ0v) is 13.0. The molecule has 5 aromatic rings. The van der Waals surface area contributed by atoms with E-state index in [0.29, 0.717) is 0 Å². The number of hydrogen-bond donors (Lipinski definition) is 0. The number of benzene rings is 4. The summed E-state index contributed by atoms with van der Waals surface area (Å²) in [5.41, 5.74) is 1.36. The molecular formula is C22H17N. The molecule has 0 aliphatic rings. The maximum absolute atomic E-state index is 3.78. The van der Waals surface area contributed by atoms with E-state index in [0.717, 1.165) is 0 Å². The molecule has 0 bridgehead atoms. The molecule has 0 unspecified atom stereocenters. The van der Waals surface area contributed by atoms with Crippen molar-refractivity contribution >= 4 is 32.3 Å². The Morgan fingerprint density at radius 2 is 1.17 bits per heavy atom. The molecule has 0 saturated carbocycles. The molecule has 0 fully saturated rings. The van der Waals surface area contributed by atoms with E-state index in [2.05, 4.69) is 66.5 Å². The third-order valence-electron chi connectivity index (χ3n) is 4.31. The molecule has 0 radical (unpaired) electrons. The highest BCUT2D eigenvalue weighted by Gasteiger charge is 2.08. The van der Waals surface area contributed by atoms with Crippen molar-refractivity contribution in [1.29, 1.82) is 0 Å². The minimum absolute atomic E-state index is 1.34. The summed E-state index contributed by atoms with van der Waals surface area (Å²) in [7, 11) is 0. The summed E-state index contributed by atoms with van der Waals surface area (Å²) in [5.74, 6) is 0. The van der Waals surface area contributed by atoms with Gasteiger partial charge in [-0.3, -0.25) is 4.98 Å². The van der Waals surface area contributed by atoms with Gasteiger partial charge in [0.2, 0.25) is 0 Å². The molecular weight excluding hydrogens is 278 g/mol. The Morgan fingerprint density at radius 1 is 0.565 bits per heavy atom. The Kier molecular flexibility index (Phi) is 3.39. The van der Waals surface area contributed by atoms with E-state index in [1.807, 2.05) is 18.2 Å². The molecule has 0 aliphatic carbocycles. The summed E-state index contributed by atoms with van der Waals surface area (Å²) in [6.45, 7) is 2.19. The van der Waals surface area contributed by atoms with Crippen LogP contribution in [-0.4, -0.2) is 4.98 Å². The number of pyridine rings is 1. The molecule has 0 spiro atoms. The monoisotopic (exact) mass is 295 g/mol. The molecule has 0 saturated heterocycles. The molecule has 110 valence electrons. The highest BCUT2D eigenvalue weighted by molar-refractivity contribution is 6.23. The fourth-order valence-corrected chi connectivity index (χ4v) is 3.19. The van der Waals surface area contributed by atoms with Crippen molar-refractivity contribution < 1.29 is 0 Å². The van der Waals surface area contributed by atoms with E-state index < -0.39 is 0 Å². The first-order valence-corrected chi connectivity index (χ1v) is 7.83. The standard InChI is InChI=1S/C17H12.C5H5N/c1-11-5-6-14-8-7-12-3-2-4-13-9-10-15(11)17(14)16(12)13;1-2-4-6-5-3-1/h2-10H,1H3;1-5H. The zero-order valence-electron chi connectivity index (χ0n) is 13.0. The van der Waals surface area contributed by atoms with Crippen molar-refractivity contribution in [3.05, 3.63) is 90.8 Å². The average molecular weight is 295 g/mol. The normalized spacial score (nSPS) is 10.8. The fourth-order valence-electron chi connectivity index (χ4n) is 3.19. The first-order valence-electron chi connectivity index (χ1n) is 7.83. The largest absolute Gasteiger partial charge is 0.265 e. The number of aryl methyl sites for hydroxylation is 1. The topological polar surface area (TPSA) is 12.9 Å². The van der Waals surface area contributed by atoms with E-state index in [9.17, 15) is 0 Å². The number of nitrogens with zero attached hydrogens (tertiary/aromatic N) is 1. The molecule has 1 aromatic heterocycles. The fraction of sp³-hybridized carbons (Fsp3) is 0.0455. The van der Waals surface area contributed by atoms with Gasteiger partial charge in [0.15, 0.2) is 0 Å². The maximum atomic E-state index is 3.78. The third kappa shape index (κ3) is 2.40. The summed E-state index contributed by atoms with van der Waals surface area (Å²) >= 11 is 0. The quantitative estimate of drug-likeness (QED) is 0.320. The molecule has 0 atom stereocenters. The van der Waals surface area contributed by atoms with Crippen LogP contribution in [0.25, 0.3) is 32.3 Å². The molecule has 0 aliphatic heterocycles. The smallest absolute Gasteiger partial charge is 0.0267 e. The van der Waals surface area contributed by atoms with Gasteiger partial charge < -0.3 is 0 Å². The van der Waals surface area contributed by atoms with Crippen LogP contribution in [0.3, 0.4) is 0 Å². The van der Waals surface area contributed by atoms with Crippen molar-refractivity contribution in [1.82, 2.24) is 4.98 Å². The zero-order chi connectivity index (χ0) is 15.6. The predicted octanol–water partition coefficient (Wildman–Crippen LogP) is 5.97. The van der Waals surface area contributed by atoms with Gasteiger partial charge in [0, 0.05) is 12.4 Å². The van der Waals surface area contributed by atoms with Crippen LogP contribution in [0.15, 0.2) is 85.2 Å². The van der Waals surface area contributed by atoms with E-state index in [1.54, 1.807) is 12.4 Å². The van der Waals surface area contributed by atoms with Gasteiger partial charge >= 0.3 is 0 Å². The predicted molar refractivity (Wildman–Crippen MR) is 99.1 cm³/mol. The van der Waals surface area contributed by atoms with Gasteiger partial charge in [-0.05, 0) is 56.9 Å². The summed E-state index contributed by atoms with van der Waals surface area (Å²) in [6, 6.07) is 25.6. The molecule has 1 heterocycles. The summed E-state index contributed by atoms with van der Waals surface area (Å²) in [5, 5.41) is 8.23. The third-order valence-corrected chi connectivity index (χ3v) is 4.31. The Hall–Kier alpha value is -2.93. The lowest BCUT2D eigenvalue weighted by atomic mass is 9.92. The second kappa shape index (κ2) is 5.69. The minimum Gasteiger partial charge on any atom is -0.265 e. The van der Waals surface area contributed by atoms with Gasteiger partial charge in [-0.2, -0.15) is 0 Å². The maximum Gasteiger partial charge on any atom is 0.0267 e. The first-order chi connectivity index (χ1) is 11.3. The molecule has 1 nitrogen and oxygen atoms in total. The highest BCUT2D eigenvalue weighted by Crippen LogP contribution is 2.35. The van der Waals surface area contributed by atoms with Crippen LogP contribution in [0.4, 0.5) is 0 Å². The second-order valence-electron chi connectivity index (χ2n) is 5.76. The van der Waals surface area contributed by atoms with Gasteiger partial charge in [0.1, 0.15) is 0 Å². The molecule has 23 heavy (non-hydrogen) atoms. The Morgan fingerprint density at radius 3 is 1.78 bits per heavy atom. The van der Waals surface area contributed by atoms with Gasteiger partial charge in [0.05, 0.1) is 0 Å². The van der Waals surface area contributed by atoms with Crippen molar-refractivity contribution in [2.24, 2.45) is 0 Å². The molecule has 5 rings (SSSR count). The van der Waals surface area contributed by atoms with Crippen LogP contribution in [-0.2, 0) is 0 Å². The lowest BCUT2D eigenvalue weighted by Gasteiger charge is -2.11. The minimum atomic E-state index is 1.34. The van der Waals surface area contributed by atoms with Crippen LogP contribution < -0.4 is 0 Å². The van der Waals surface area contributed by atoms with Crippen molar-refractivity contribution in [2.75, 3.05) is 0 Å². The molecule has 0 N–H and O–H groups in total. The lowest BCUT2D eigenvalue weighted by Crippen LogP contribution is -1.85. The van der Waals surface area contributed by atoms with Crippen molar-refractivity contribution in [3.63, 3.8) is 0 Å². The SMILES string of the molecule is Cc1ccc2ccc3cccc4ccc1c2c34.c1ccncc1. The Balaban J connectivity index is 0.000000192. The molecule has 4 aromatic carbocycles. The number of aromatic nitrogens is 1.